The van der Waals surface area contributed by atoms with Gasteiger partial charge in [-0.25, -0.2) is 9.29 Å². The number of esters is 1. The maximum Gasteiger partial charge on any atom is 0.310 e. The van der Waals surface area contributed by atoms with E-state index < -0.39 is 23.6 Å². The van der Waals surface area contributed by atoms with Gasteiger partial charge in [0.2, 0.25) is 0 Å². The molecule has 0 aliphatic carbocycles. The van der Waals surface area contributed by atoms with Crippen LogP contribution in [0.25, 0.3) is 0 Å². The van der Waals surface area contributed by atoms with Crippen molar-refractivity contribution in [3.63, 3.8) is 0 Å². The molecule has 0 aromatic heterocycles. The second-order valence-electron chi connectivity index (χ2n) is 7.39. The Balaban J connectivity index is 1.64. The number of ether oxygens (including phenoxy) is 2. The molecule has 0 saturated heterocycles. The highest BCUT2D eigenvalue weighted by Crippen LogP contribution is 2.40. The Morgan fingerprint density at radius 2 is 1.71 bits per heavy atom. The Kier molecular flexibility index (Phi) is 6.86. The summed E-state index contributed by atoms with van der Waals surface area (Å²) in [6, 6.07) is 13.5. The third-order valence-corrected chi connectivity index (χ3v) is 5.82. The number of hydrogen-bond acceptors (Lipinski definition) is 5. The van der Waals surface area contributed by atoms with Crippen LogP contribution in [0, 0.1) is 5.82 Å². The molecule has 1 heterocycles. The van der Waals surface area contributed by atoms with Gasteiger partial charge in [0.25, 0.3) is 11.8 Å². The molecule has 34 heavy (non-hydrogen) atoms. The van der Waals surface area contributed by atoms with Crippen LogP contribution in [-0.2, 0) is 22.6 Å². The van der Waals surface area contributed by atoms with Crippen molar-refractivity contribution >= 4 is 46.7 Å². The molecule has 0 N–H and O–H groups in total. The molecule has 9 heteroatoms. The first-order valence-electron chi connectivity index (χ1n) is 10.3. The van der Waals surface area contributed by atoms with Gasteiger partial charge >= 0.3 is 5.97 Å². The fourth-order valence-corrected chi connectivity index (χ4v) is 4.15. The van der Waals surface area contributed by atoms with Gasteiger partial charge in [0, 0.05) is 5.56 Å². The van der Waals surface area contributed by atoms with Gasteiger partial charge in [0.05, 0.1) is 39.9 Å². The fourth-order valence-electron chi connectivity index (χ4n) is 3.63. The number of imide groups is 1. The summed E-state index contributed by atoms with van der Waals surface area (Å²) in [6.07, 6.45) is -0.00415. The van der Waals surface area contributed by atoms with Crippen LogP contribution in [0.5, 0.6) is 5.75 Å². The fraction of sp³-hybridized carbons (Fsp3) is 0.160. The lowest BCUT2D eigenvalue weighted by Crippen LogP contribution is -2.29. The number of carbonyl (C=O) groups is 3. The second-order valence-corrected chi connectivity index (χ2v) is 8.20. The van der Waals surface area contributed by atoms with E-state index in [1.807, 2.05) is 0 Å². The quantitative estimate of drug-likeness (QED) is 0.310. The van der Waals surface area contributed by atoms with Gasteiger partial charge < -0.3 is 9.47 Å². The van der Waals surface area contributed by atoms with E-state index in [1.54, 1.807) is 31.2 Å². The molecule has 0 atom stereocenters. The van der Waals surface area contributed by atoms with Gasteiger partial charge in [-0.05, 0) is 42.8 Å². The normalized spacial score (nSPS) is 12.6. The van der Waals surface area contributed by atoms with Crippen molar-refractivity contribution < 1.29 is 28.2 Å². The van der Waals surface area contributed by atoms with E-state index in [-0.39, 0.29) is 52.2 Å². The Morgan fingerprint density at radius 3 is 2.41 bits per heavy atom. The first kappa shape index (κ1) is 23.7. The largest absolute Gasteiger partial charge is 0.488 e. The summed E-state index contributed by atoms with van der Waals surface area (Å²) in [5, 5.41) is 0.172. The topological polar surface area (TPSA) is 72.9 Å². The molecule has 4 rings (SSSR count). The zero-order valence-corrected chi connectivity index (χ0v) is 19.5. The molecule has 0 spiro atoms. The van der Waals surface area contributed by atoms with E-state index in [2.05, 4.69) is 0 Å². The van der Waals surface area contributed by atoms with Gasteiger partial charge in [-0.1, -0.05) is 47.5 Å². The molecule has 0 bridgehead atoms. The zero-order chi connectivity index (χ0) is 24.4. The van der Waals surface area contributed by atoms with E-state index in [9.17, 15) is 18.8 Å². The number of carbonyl (C=O) groups excluding carboxylic acids is 3. The van der Waals surface area contributed by atoms with Crippen LogP contribution >= 0.6 is 23.2 Å². The summed E-state index contributed by atoms with van der Waals surface area (Å²) in [5.41, 5.74) is 0.942. The Labute approximate surface area is 204 Å². The number of fused-ring (bicyclic) bond motifs is 1. The van der Waals surface area contributed by atoms with Crippen molar-refractivity contribution in [2.45, 2.75) is 20.0 Å². The predicted molar refractivity (Wildman–Crippen MR) is 125 cm³/mol. The molecule has 0 radical (unpaired) electrons. The molecule has 174 valence electrons. The Morgan fingerprint density at radius 1 is 0.971 bits per heavy atom. The minimum Gasteiger partial charge on any atom is -0.488 e. The van der Waals surface area contributed by atoms with Gasteiger partial charge in [-0.3, -0.25) is 14.4 Å². The maximum absolute atomic E-state index is 14.0. The number of nitrogens with zero attached hydrogens (tertiary/aromatic N) is 1. The van der Waals surface area contributed by atoms with Crippen LogP contribution in [0.1, 0.15) is 38.8 Å². The number of rotatable bonds is 7. The lowest BCUT2D eigenvalue weighted by molar-refractivity contribution is -0.142. The highest BCUT2D eigenvalue weighted by molar-refractivity contribution is 6.44. The first-order chi connectivity index (χ1) is 16.3. The number of amides is 2. The van der Waals surface area contributed by atoms with Crippen molar-refractivity contribution in [1.29, 1.82) is 0 Å². The monoisotopic (exact) mass is 501 g/mol. The molecular weight excluding hydrogens is 484 g/mol. The highest BCUT2D eigenvalue weighted by atomic mass is 35.5. The summed E-state index contributed by atoms with van der Waals surface area (Å²) >= 11 is 12.6. The number of benzene rings is 3. The van der Waals surface area contributed by atoms with Gasteiger partial charge in [0.1, 0.15) is 18.2 Å². The van der Waals surface area contributed by atoms with E-state index in [0.717, 1.165) is 4.90 Å². The highest BCUT2D eigenvalue weighted by Gasteiger charge is 2.42. The molecule has 2 amide bonds. The minimum absolute atomic E-state index is 0.00415. The lowest BCUT2D eigenvalue weighted by atomic mass is 10.1. The summed E-state index contributed by atoms with van der Waals surface area (Å²) < 4.78 is 24.6. The molecule has 0 saturated carbocycles. The molecule has 0 unspecified atom stereocenters. The summed E-state index contributed by atoms with van der Waals surface area (Å²) in [4.78, 5) is 39.1. The van der Waals surface area contributed by atoms with Crippen molar-refractivity contribution in [2.24, 2.45) is 0 Å². The third-order valence-electron chi connectivity index (χ3n) is 5.20. The van der Waals surface area contributed by atoms with Crippen molar-refractivity contribution in [3.8, 4) is 5.75 Å². The zero-order valence-electron chi connectivity index (χ0n) is 17.9. The van der Waals surface area contributed by atoms with Crippen molar-refractivity contribution in [3.05, 3.63) is 92.7 Å². The maximum atomic E-state index is 14.0. The first-order valence-corrected chi connectivity index (χ1v) is 11.1. The molecule has 3 aromatic rings. The molecular formula is C25H18Cl2FNO5. The SMILES string of the molecule is CCOC(=O)Cc1ccc(N2C(=O)c3c(Cl)ccc(OCc4ccccc4F)c3C2=O)c(Cl)c1. The van der Waals surface area contributed by atoms with Crippen LogP contribution in [0.2, 0.25) is 10.0 Å². The molecule has 3 aromatic carbocycles. The average Bonchev–Trinajstić information content (AvgIpc) is 3.06. The molecule has 0 fully saturated rings. The van der Waals surface area contributed by atoms with Crippen LogP contribution in [-0.4, -0.2) is 24.4 Å². The number of anilines is 1. The standard InChI is InChI=1S/C25H18Cl2FNO5/c1-2-33-21(30)12-14-7-9-19(17(27)11-14)29-24(31)22-16(26)8-10-20(23(22)25(29)32)34-13-15-5-3-4-6-18(15)28/h3-11H,2,12-13H2,1H3. The van der Waals surface area contributed by atoms with Crippen LogP contribution < -0.4 is 9.64 Å². The molecule has 6 nitrogen and oxygen atoms in total. The predicted octanol–water partition coefficient (Wildman–Crippen LogP) is 5.62. The Hall–Kier alpha value is -3.42. The van der Waals surface area contributed by atoms with Crippen LogP contribution in [0.4, 0.5) is 10.1 Å². The summed E-state index contributed by atoms with van der Waals surface area (Å²) in [5.74, 6) is -2.12. The molecule has 1 aliphatic heterocycles. The summed E-state index contributed by atoms with van der Waals surface area (Å²) in [6.45, 7) is 1.81. The third kappa shape index (κ3) is 4.49. The average molecular weight is 502 g/mol. The minimum atomic E-state index is -0.675. The molecule has 1 aliphatic rings. The van der Waals surface area contributed by atoms with E-state index in [4.69, 9.17) is 32.7 Å². The van der Waals surface area contributed by atoms with Gasteiger partial charge in [-0.2, -0.15) is 0 Å². The van der Waals surface area contributed by atoms with Gasteiger partial charge in [0.15, 0.2) is 0 Å². The Bertz CT molecular complexity index is 1310. The van der Waals surface area contributed by atoms with Crippen LogP contribution in [0.3, 0.4) is 0 Å². The van der Waals surface area contributed by atoms with E-state index >= 15 is 0 Å². The van der Waals surface area contributed by atoms with E-state index in [1.165, 1.54) is 30.3 Å². The second kappa shape index (κ2) is 9.83. The van der Waals surface area contributed by atoms with Crippen LogP contribution in [0.15, 0.2) is 54.6 Å². The van der Waals surface area contributed by atoms with Crippen molar-refractivity contribution in [2.75, 3.05) is 11.5 Å². The van der Waals surface area contributed by atoms with Gasteiger partial charge in [-0.15, -0.1) is 0 Å². The number of halogens is 3. The number of hydrogen-bond donors (Lipinski definition) is 0. The smallest absolute Gasteiger partial charge is 0.310 e. The summed E-state index contributed by atoms with van der Waals surface area (Å²) in [7, 11) is 0. The van der Waals surface area contributed by atoms with E-state index in [0.29, 0.717) is 11.1 Å². The lowest BCUT2D eigenvalue weighted by Gasteiger charge is -2.16. The van der Waals surface area contributed by atoms with Crippen molar-refractivity contribution in [1.82, 2.24) is 0 Å².